The third-order valence-corrected chi connectivity index (χ3v) is 6.88. The van der Waals surface area contributed by atoms with Gasteiger partial charge in [-0.2, -0.15) is 4.98 Å². The number of hydrogen-bond donors (Lipinski definition) is 0. The van der Waals surface area contributed by atoms with Gasteiger partial charge in [-0.05, 0) is 67.8 Å². The molecule has 4 aromatic rings. The Labute approximate surface area is 180 Å². The average Bonchev–Trinajstić information content (AvgIpc) is 3.39. The molecule has 0 amide bonds. The highest BCUT2D eigenvalue weighted by Gasteiger charge is 2.22. The molecule has 160 valence electrons. The number of para-hydroxylation sites is 1. The summed E-state index contributed by atoms with van der Waals surface area (Å²) in [5.74, 6) is 1.46. The van der Waals surface area contributed by atoms with Gasteiger partial charge in [0.15, 0.2) is 15.6 Å². The van der Waals surface area contributed by atoms with E-state index >= 15 is 0 Å². The van der Waals surface area contributed by atoms with Crippen LogP contribution >= 0.6 is 0 Å². The van der Waals surface area contributed by atoms with Gasteiger partial charge in [0.05, 0.1) is 17.6 Å². The minimum Gasteiger partial charge on any atom is -0.496 e. The lowest BCUT2D eigenvalue weighted by molar-refractivity contribution is 0.408. The van der Waals surface area contributed by atoms with Crippen LogP contribution in [0.4, 0.5) is 0 Å². The monoisotopic (exact) mass is 438 g/mol. The fourth-order valence-corrected chi connectivity index (χ4v) is 4.96. The lowest BCUT2D eigenvalue weighted by atomic mass is 10.1. The van der Waals surface area contributed by atoms with Crippen molar-refractivity contribution in [3.63, 3.8) is 0 Å². The Kier molecular flexibility index (Phi) is 5.41. The zero-order valence-corrected chi connectivity index (χ0v) is 18.5. The van der Waals surface area contributed by atoms with Crippen molar-refractivity contribution in [1.29, 1.82) is 0 Å². The number of benzene rings is 2. The summed E-state index contributed by atoms with van der Waals surface area (Å²) < 4.78 is 42.3. The van der Waals surface area contributed by atoms with Crippen LogP contribution in [0.15, 0.2) is 62.4 Å². The fraction of sp³-hybridized carbons (Fsp3) is 0.217. The van der Waals surface area contributed by atoms with Gasteiger partial charge in [-0.3, -0.25) is 0 Å². The first-order chi connectivity index (χ1) is 14.8. The van der Waals surface area contributed by atoms with Gasteiger partial charge in [-0.1, -0.05) is 23.4 Å². The van der Waals surface area contributed by atoms with Crippen LogP contribution in [0.1, 0.15) is 22.5 Å². The first-order valence-corrected chi connectivity index (χ1v) is 11.3. The van der Waals surface area contributed by atoms with Gasteiger partial charge < -0.3 is 13.7 Å². The molecule has 4 rings (SSSR count). The predicted octanol–water partition coefficient (Wildman–Crippen LogP) is 4.90. The number of aromatic nitrogens is 2. The first kappa shape index (κ1) is 20.9. The molecule has 0 atom stereocenters. The number of methoxy groups -OCH3 is 1. The van der Waals surface area contributed by atoms with Crippen molar-refractivity contribution in [3.8, 4) is 28.8 Å². The summed E-state index contributed by atoms with van der Waals surface area (Å²) in [6.45, 7) is 5.65. The number of nitrogens with zero attached hydrogens (tertiary/aromatic N) is 2. The van der Waals surface area contributed by atoms with Crippen LogP contribution in [-0.2, 0) is 15.6 Å². The third kappa shape index (κ3) is 4.11. The highest BCUT2D eigenvalue weighted by atomic mass is 32.2. The van der Waals surface area contributed by atoms with Crippen LogP contribution in [0, 0.1) is 20.8 Å². The smallest absolute Gasteiger partial charge is 0.293 e. The second-order valence-corrected chi connectivity index (χ2v) is 9.31. The van der Waals surface area contributed by atoms with Crippen molar-refractivity contribution < 1.29 is 22.1 Å². The maximum absolute atomic E-state index is 13.0. The van der Waals surface area contributed by atoms with Crippen LogP contribution in [0.3, 0.4) is 0 Å². The molecule has 0 radical (unpaired) electrons. The zero-order chi connectivity index (χ0) is 22.2. The molecule has 2 heterocycles. The van der Waals surface area contributed by atoms with Crippen LogP contribution < -0.4 is 4.74 Å². The molecule has 0 saturated heterocycles. The number of hydrogen-bond acceptors (Lipinski definition) is 7. The largest absolute Gasteiger partial charge is 0.496 e. The van der Waals surface area contributed by atoms with Crippen LogP contribution in [-0.4, -0.2) is 25.7 Å². The normalized spacial score (nSPS) is 11.6. The highest BCUT2D eigenvalue weighted by Crippen LogP contribution is 2.31. The van der Waals surface area contributed by atoms with E-state index in [-0.39, 0.29) is 11.6 Å². The standard InChI is InChI=1S/C23H22N2O5S/c1-14-11-16(3)21(12-15(14)2)31(26,27)13-17-9-10-20(29-17)23-24-22(25-30-23)18-7-5-6-8-19(18)28-4/h5-12H,13H2,1-4H3. The summed E-state index contributed by atoms with van der Waals surface area (Å²) in [5.41, 5.74) is 3.38. The molecule has 2 aromatic carbocycles. The molecule has 0 aliphatic heterocycles. The molecule has 2 aromatic heterocycles. The van der Waals surface area contributed by atoms with Crippen molar-refractivity contribution in [2.75, 3.05) is 7.11 Å². The number of rotatable bonds is 6. The van der Waals surface area contributed by atoms with Gasteiger partial charge >= 0.3 is 0 Å². The number of aryl methyl sites for hydroxylation is 3. The van der Waals surface area contributed by atoms with E-state index in [1.165, 1.54) is 0 Å². The third-order valence-electron chi connectivity index (χ3n) is 5.10. The van der Waals surface area contributed by atoms with Crippen LogP contribution in [0.25, 0.3) is 23.0 Å². The van der Waals surface area contributed by atoms with Gasteiger partial charge in [-0.15, -0.1) is 0 Å². The summed E-state index contributed by atoms with van der Waals surface area (Å²) in [6, 6.07) is 14.1. The number of sulfone groups is 1. The highest BCUT2D eigenvalue weighted by molar-refractivity contribution is 7.90. The molecule has 0 saturated carbocycles. The van der Waals surface area contributed by atoms with E-state index in [2.05, 4.69) is 10.1 Å². The van der Waals surface area contributed by atoms with Crippen LogP contribution in [0.5, 0.6) is 5.75 Å². The van der Waals surface area contributed by atoms with E-state index in [4.69, 9.17) is 13.7 Å². The number of furan rings is 1. The lowest BCUT2D eigenvalue weighted by Crippen LogP contribution is -2.07. The molecule has 7 nitrogen and oxygen atoms in total. The molecule has 0 unspecified atom stereocenters. The predicted molar refractivity (Wildman–Crippen MR) is 116 cm³/mol. The Morgan fingerprint density at radius 3 is 2.48 bits per heavy atom. The molecule has 8 heteroatoms. The molecule has 0 bridgehead atoms. The lowest BCUT2D eigenvalue weighted by Gasteiger charge is -2.10. The fourth-order valence-electron chi connectivity index (χ4n) is 3.37. The van der Waals surface area contributed by atoms with Gasteiger partial charge in [0.1, 0.15) is 17.3 Å². The Morgan fingerprint density at radius 1 is 0.968 bits per heavy atom. The summed E-state index contributed by atoms with van der Waals surface area (Å²) >= 11 is 0. The van der Waals surface area contributed by atoms with Gasteiger partial charge in [0.2, 0.25) is 5.82 Å². The Bertz CT molecular complexity index is 1350. The second-order valence-electron chi connectivity index (χ2n) is 7.35. The van der Waals surface area contributed by atoms with Gasteiger partial charge in [0.25, 0.3) is 5.89 Å². The van der Waals surface area contributed by atoms with Crippen molar-refractivity contribution in [2.45, 2.75) is 31.4 Å². The van der Waals surface area contributed by atoms with Crippen molar-refractivity contribution in [1.82, 2.24) is 10.1 Å². The molecule has 0 fully saturated rings. The van der Waals surface area contributed by atoms with Crippen molar-refractivity contribution in [3.05, 3.63) is 71.0 Å². The van der Waals surface area contributed by atoms with Gasteiger partial charge in [0, 0.05) is 0 Å². The Morgan fingerprint density at radius 2 is 1.71 bits per heavy atom. The molecule has 0 spiro atoms. The van der Waals surface area contributed by atoms with Crippen molar-refractivity contribution in [2.24, 2.45) is 0 Å². The second kappa shape index (κ2) is 8.03. The first-order valence-electron chi connectivity index (χ1n) is 9.65. The van der Waals surface area contributed by atoms with Crippen LogP contribution in [0.2, 0.25) is 0 Å². The minimum atomic E-state index is -3.58. The Hall–Kier alpha value is -3.39. The van der Waals surface area contributed by atoms with E-state index in [9.17, 15) is 8.42 Å². The molecular weight excluding hydrogens is 416 g/mol. The van der Waals surface area contributed by atoms with E-state index < -0.39 is 9.84 Å². The van der Waals surface area contributed by atoms with Gasteiger partial charge in [-0.25, -0.2) is 8.42 Å². The zero-order valence-electron chi connectivity index (χ0n) is 17.7. The molecule has 0 N–H and O–H groups in total. The molecule has 31 heavy (non-hydrogen) atoms. The summed E-state index contributed by atoms with van der Waals surface area (Å²) in [7, 11) is -2.01. The van der Waals surface area contributed by atoms with E-state index in [1.807, 2.05) is 38.1 Å². The topological polar surface area (TPSA) is 95.4 Å². The summed E-state index contributed by atoms with van der Waals surface area (Å²) in [6.07, 6.45) is 0. The van der Waals surface area contributed by atoms with Crippen molar-refractivity contribution >= 4 is 9.84 Å². The van der Waals surface area contributed by atoms with E-state index in [0.717, 1.165) is 11.1 Å². The van der Waals surface area contributed by atoms with E-state index in [0.29, 0.717) is 39.1 Å². The molecule has 0 aliphatic carbocycles. The maximum Gasteiger partial charge on any atom is 0.293 e. The van der Waals surface area contributed by atoms with E-state index in [1.54, 1.807) is 38.3 Å². The quantitative estimate of drug-likeness (QED) is 0.422. The summed E-state index contributed by atoms with van der Waals surface area (Å²) in [4.78, 5) is 4.67. The Balaban J connectivity index is 1.60. The summed E-state index contributed by atoms with van der Waals surface area (Å²) in [5, 5.41) is 3.99. The number of ether oxygens (including phenoxy) is 1. The SMILES string of the molecule is COc1ccccc1-c1noc(-c2ccc(CS(=O)(=O)c3cc(C)c(C)cc3C)o2)n1. The molecule has 0 aliphatic rings. The minimum absolute atomic E-state index is 0.159. The molecular formula is C23H22N2O5S. The average molecular weight is 439 g/mol. The maximum atomic E-state index is 13.0.